The van der Waals surface area contributed by atoms with Gasteiger partial charge in [0, 0.05) is 17.8 Å². The lowest BCUT2D eigenvalue weighted by atomic mass is 10.1. The van der Waals surface area contributed by atoms with Crippen LogP contribution in [0.4, 0.5) is 17.3 Å². The molecule has 1 atom stereocenters. The van der Waals surface area contributed by atoms with Crippen LogP contribution >= 0.6 is 0 Å². The zero-order valence-corrected chi connectivity index (χ0v) is 13.9. The van der Waals surface area contributed by atoms with Gasteiger partial charge >= 0.3 is 0 Å². The Bertz CT molecular complexity index is 844. The predicted molar refractivity (Wildman–Crippen MR) is 94.6 cm³/mol. The molecule has 0 saturated carbocycles. The Morgan fingerprint density at radius 3 is 2.92 bits per heavy atom. The maximum absolute atomic E-state index is 5.36. The monoisotopic (exact) mass is 320 g/mol. The molecule has 1 aliphatic heterocycles. The zero-order valence-electron chi connectivity index (χ0n) is 13.9. The van der Waals surface area contributed by atoms with Crippen LogP contribution in [0.1, 0.15) is 24.1 Å². The summed E-state index contributed by atoms with van der Waals surface area (Å²) in [6, 6.07) is 14.7. The molecule has 2 aromatic heterocycles. The fourth-order valence-corrected chi connectivity index (χ4v) is 3.27. The molecule has 0 fully saturated rings. The van der Waals surface area contributed by atoms with Crippen LogP contribution in [0.2, 0.25) is 0 Å². The SMILES string of the molecule is Cc1nc(NCc2ccco2)cc(N2c3ccccc3CC2C)n1. The molecule has 5 nitrogen and oxygen atoms in total. The van der Waals surface area contributed by atoms with Crippen molar-refractivity contribution in [2.45, 2.75) is 32.9 Å². The second-order valence-corrected chi connectivity index (χ2v) is 6.14. The molecule has 0 spiro atoms. The molecule has 4 rings (SSSR count). The van der Waals surface area contributed by atoms with Gasteiger partial charge in [-0.1, -0.05) is 18.2 Å². The Hall–Kier alpha value is -2.82. The van der Waals surface area contributed by atoms with Crippen LogP contribution in [-0.4, -0.2) is 16.0 Å². The van der Waals surface area contributed by atoms with Gasteiger partial charge in [0.25, 0.3) is 0 Å². The Morgan fingerprint density at radius 2 is 2.08 bits per heavy atom. The number of anilines is 3. The van der Waals surface area contributed by atoms with Crippen molar-refractivity contribution in [3.05, 3.63) is 65.9 Å². The van der Waals surface area contributed by atoms with Gasteiger partial charge in [0.2, 0.25) is 0 Å². The van der Waals surface area contributed by atoms with Crippen molar-refractivity contribution in [2.24, 2.45) is 0 Å². The topological polar surface area (TPSA) is 54.2 Å². The van der Waals surface area contributed by atoms with Crippen LogP contribution in [-0.2, 0) is 13.0 Å². The summed E-state index contributed by atoms with van der Waals surface area (Å²) in [5, 5.41) is 3.32. The lowest BCUT2D eigenvalue weighted by molar-refractivity contribution is 0.517. The van der Waals surface area contributed by atoms with Gasteiger partial charge in [-0.25, -0.2) is 9.97 Å². The third-order valence-corrected chi connectivity index (χ3v) is 4.30. The van der Waals surface area contributed by atoms with Gasteiger partial charge < -0.3 is 14.6 Å². The Morgan fingerprint density at radius 1 is 1.21 bits per heavy atom. The number of hydrogen-bond donors (Lipinski definition) is 1. The van der Waals surface area contributed by atoms with Gasteiger partial charge in [0.05, 0.1) is 12.8 Å². The predicted octanol–water partition coefficient (Wildman–Crippen LogP) is 4.07. The molecule has 3 aromatic rings. The molecule has 3 heterocycles. The minimum atomic E-state index is 0.384. The maximum Gasteiger partial charge on any atom is 0.139 e. The van der Waals surface area contributed by atoms with E-state index in [9.17, 15) is 0 Å². The van der Waals surface area contributed by atoms with E-state index in [0.717, 1.165) is 29.6 Å². The largest absolute Gasteiger partial charge is 0.467 e. The highest BCUT2D eigenvalue weighted by molar-refractivity contribution is 5.70. The number of aromatic nitrogens is 2. The fourth-order valence-electron chi connectivity index (χ4n) is 3.27. The number of aryl methyl sites for hydroxylation is 1. The van der Waals surface area contributed by atoms with E-state index in [1.54, 1.807) is 6.26 Å². The van der Waals surface area contributed by atoms with Crippen LogP contribution in [0.5, 0.6) is 0 Å². The van der Waals surface area contributed by atoms with Crippen molar-refractivity contribution in [3.63, 3.8) is 0 Å². The van der Waals surface area contributed by atoms with Gasteiger partial charge in [-0.2, -0.15) is 0 Å². The molecule has 0 amide bonds. The van der Waals surface area contributed by atoms with Crippen LogP contribution in [0.3, 0.4) is 0 Å². The molecule has 1 N–H and O–H groups in total. The quantitative estimate of drug-likeness (QED) is 0.785. The molecule has 5 heteroatoms. The van der Waals surface area contributed by atoms with E-state index in [1.807, 2.05) is 25.1 Å². The number of furan rings is 1. The number of para-hydroxylation sites is 1. The molecule has 0 aliphatic carbocycles. The van der Waals surface area contributed by atoms with Crippen molar-refractivity contribution in [1.82, 2.24) is 9.97 Å². The molecule has 1 unspecified atom stereocenters. The van der Waals surface area contributed by atoms with Gasteiger partial charge in [-0.3, -0.25) is 0 Å². The minimum Gasteiger partial charge on any atom is -0.467 e. The van der Waals surface area contributed by atoms with E-state index in [1.165, 1.54) is 11.3 Å². The molecular formula is C19H20N4O. The summed E-state index contributed by atoms with van der Waals surface area (Å²) in [4.78, 5) is 11.5. The Balaban J connectivity index is 1.64. The molecule has 1 aromatic carbocycles. The first-order chi connectivity index (χ1) is 11.7. The summed E-state index contributed by atoms with van der Waals surface area (Å²) in [5.74, 6) is 3.38. The van der Waals surface area contributed by atoms with E-state index >= 15 is 0 Å². The first-order valence-corrected chi connectivity index (χ1v) is 8.20. The van der Waals surface area contributed by atoms with Crippen molar-refractivity contribution in [2.75, 3.05) is 10.2 Å². The van der Waals surface area contributed by atoms with E-state index in [2.05, 4.69) is 51.4 Å². The molecule has 0 bridgehead atoms. The second-order valence-electron chi connectivity index (χ2n) is 6.14. The lowest BCUT2D eigenvalue weighted by Crippen LogP contribution is -2.25. The van der Waals surface area contributed by atoms with Crippen LogP contribution in [0.15, 0.2) is 53.1 Å². The summed E-state index contributed by atoms with van der Waals surface area (Å²) in [7, 11) is 0. The number of fused-ring (bicyclic) bond motifs is 1. The summed E-state index contributed by atoms with van der Waals surface area (Å²) in [6.07, 6.45) is 2.71. The van der Waals surface area contributed by atoms with Crippen molar-refractivity contribution < 1.29 is 4.42 Å². The standard InChI is InChI=1S/C19H20N4O/c1-13-10-15-6-3-4-8-17(15)23(13)19-11-18(21-14(2)22-19)20-12-16-7-5-9-24-16/h3-9,11,13H,10,12H2,1-2H3,(H,20,21,22). The molecule has 0 radical (unpaired) electrons. The number of nitrogens with one attached hydrogen (secondary N) is 1. The Kier molecular flexibility index (Phi) is 3.69. The third kappa shape index (κ3) is 2.73. The molecular weight excluding hydrogens is 300 g/mol. The third-order valence-electron chi connectivity index (χ3n) is 4.30. The Labute approximate surface area is 141 Å². The highest BCUT2D eigenvalue weighted by atomic mass is 16.3. The number of hydrogen-bond acceptors (Lipinski definition) is 5. The van der Waals surface area contributed by atoms with Crippen LogP contribution < -0.4 is 10.2 Å². The number of rotatable bonds is 4. The summed E-state index contributed by atoms with van der Waals surface area (Å²) < 4.78 is 5.36. The van der Waals surface area contributed by atoms with Gasteiger partial charge in [-0.15, -0.1) is 0 Å². The first-order valence-electron chi connectivity index (χ1n) is 8.20. The van der Waals surface area contributed by atoms with E-state index in [4.69, 9.17) is 4.42 Å². The molecule has 1 aliphatic rings. The van der Waals surface area contributed by atoms with Crippen LogP contribution in [0, 0.1) is 6.92 Å². The van der Waals surface area contributed by atoms with Gasteiger partial charge in [0.15, 0.2) is 0 Å². The normalized spacial score (nSPS) is 16.2. The first kappa shape index (κ1) is 14.8. The van der Waals surface area contributed by atoms with Gasteiger partial charge in [0.1, 0.15) is 23.2 Å². The van der Waals surface area contributed by atoms with Crippen molar-refractivity contribution >= 4 is 17.3 Å². The maximum atomic E-state index is 5.36. The molecule has 122 valence electrons. The molecule has 24 heavy (non-hydrogen) atoms. The van der Waals surface area contributed by atoms with Crippen molar-refractivity contribution in [1.29, 1.82) is 0 Å². The zero-order chi connectivity index (χ0) is 16.5. The van der Waals surface area contributed by atoms with Gasteiger partial charge in [-0.05, 0) is 44.0 Å². The summed E-state index contributed by atoms with van der Waals surface area (Å²) >= 11 is 0. The average Bonchev–Trinajstić information content (AvgIpc) is 3.18. The van der Waals surface area contributed by atoms with E-state index < -0.39 is 0 Å². The average molecular weight is 320 g/mol. The highest BCUT2D eigenvalue weighted by Gasteiger charge is 2.28. The summed E-state index contributed by atoms with van der Waals surface area (Å²) in [5.41, 5.74) is 2.60. The smallest absolute Gasteiger partial charge is 0.139 e. The summed E-state index contributed by atoms with van der Waals surface area (Å²) in [6.45, 7) is 4.76. The lowest BCUT2D eigenvalue weighted by Gasteiger charge is -2.24. The number of benzene rings is 1. The minimum absolute atomic E-state index is 0.384. The van der Waals surface area contributed by atoms with Crippen molar-refractivity contribution in [3.8, 4) is 0 Å². The van der Waals surface area contributed by atoms with Crippen LogP contribution in [0.25, 0.3) is 0 Å². The van der Waals surface area contributed by atoms with E-state index in [0.29, 0.717) is 12.6 Å². The molecule has 0 saturated heterocycles. The fraction of sp³-hybridized carbons (Fsp3) is 0.263. The van der Waals surface area contributed by atoms with E-state index in [-0.39, 0.29) is 0 Å². The number of nitrogens with zero attached hydrogens (tertiary/aromatic N) is 3. The highest BCUT2D eigenvalue weighted by Crippen LogP contribution is 2.37. The second kappa shape index (κ2) is 6.00.